The second-order valence-corrected chi connectivity index (χ2v) is 6.06. The van der Waals surface area contributed by atoms with Crippen LogP contribution in [0.25, 0.3) is 0 Å². The zero-order valence-electron chi connectivity index (χ0n) is 11.0. The molecule has 0 spiro atoms. The quantitative estimate of drug-likeness (QED) is 0.931. The predicted octanol–water partition coefficient (Wildman–Crippen LogP) is 3.72. The molecule has 2 aliphatic heterocycles. The average molecular weight is 285 g/mol. The monoisotopic (exact) mass is 285 g/mol. The van der Waals surface area contributed by atoms with Crippen molar-refractivity contribution in [3.05, 3.63) is 48.0 Å². The molecule has 0 saturated carbocycles. The Bertz CT molecular complexity index is 644. The lowest BCUT2D eigenvalue weighted by Gasteiger charge is -2.13. The molecule has 102 valence electrons. The summed E-state index contributed by atoms with van der Waals surface area (Å²) < 4.78 is 10.7. The van der Waals surface area contributed by atoms with Crippen molar-refractivity contribution in [3.8, 4) is 11.5 Å². The smallest absolute Gasteiger partial charge is 0.231 e. The van der Waals surface area contributed by atoms with Crippen molar-refractivity contribution in [2.24, 2.45) is 0 Å². The van der Waals surface area contributed by atoms with Gasteiger partial charge in [-0.3, -0.25) is 0 Å². The summed E-state index contributed by atoms with van der Waals surface area (Å²) in [6.07, 6.45) is 0. The number of thioether (sulfide) groups is 1. The summed E-state index contributed by atoms with van der Waals surface area (Å²) in [5.41, 5.74) is 2.55. The molecule has 0 aromatic heterocycles. The first-order valence-electron chi connectivity index (χ1n) is 6.75. The molecule has 0 aliphatic carbocycles. The molecule has 2 aliphatic rings. The van der Waals surface area contributed by atoms with Crippen molar-refractivity contribution >= 4 is 17.4 Å². The Morgan fingerprint density at radius 2 is 2.00 bits per heavy atom. The van der Waals surface area contributed by atoms with E-state index in [0.717, 1.165) is 29.5 Å². The van der Waals surface area contributed by atoms with Crippen LogP contribution in [0.5, 0.6) is 11.5 Å². The minimum absolute atomic E-state index is 0.325. The van der Waals surface area contributed by atoms with Gasteiger partial charge in [0.05, 0.1) is 0 Å². The molecular weight excluding hydrogens is 270 g/mol. The number of hydrogen-bond donors (Lipinski definition) is 1. The van der Waals surface area contributed by atoms with Gasteiger partial charge < -0.3 is 14.8 Å². The van der Waals surface area contributed by atoms with E-state index >= 15 is 0 Å². The Morgan fingerprint density at radius 3 is 3.00 bits per heavy atom. The summed E-state index contributed by atoms with van der Waals surface area (Å²) in [6, 6.07) is 14.7. The topological polar surface area (TPSA) is 30.5 Å². The van der Waals surface area contributed by atoms with E-state index in [1.165, 1.54) is 10.5 Å². The molecule has 20 heavy (non-hydrogen) atoms. The Morgan fingerprint density at radius 1 is 1.10 bits per heavy atom. The molecule has 1 unspecified atom stereocenters. The third kappa shape index (κ3) is 2.10. The van der Waals surface area contributed by atoms with E-state index in [9.17, 15) is 0 Å². The zero-order valence-corrected chi connectivity index (χ0v) is 11.8. The van der Waals surface area contributed by atoms with E-state index < -0.39 is 0 Å². The lowest BCUT2D eigenvalue weighted by Crippen LogP contribution is -2.12. The molecular formula is C16H15NO2S. The third-order valence-electron chi connectivity index (χ3n) is 3.72. The second kappa shape index (κ2) is 4.94. The highest BCUT2D eigenvalue weighted by Crippen LogP contribution is 2.40. The van der Waals surface area contributed by atoms with Crippen molar-refractivity contribution in [1.29, 1.82) is 0 Å². The highest BCUT2D eigenvalue weighted by atomic mass is 32.2. The normalized spacial score (nSPS) is 18.9. The standard InChI is InChI=1S/C16H15NO2S/c1-2-4-16-13(3-1)11(9-20-16)8-17-12-5-6-14-15(7-12)19-10-18-14/h1-7,11,17H,8-10H2. The SMILES string of the molecule is c1ccc2c(c1)SCC2CNc1ccc2c(c1)OCO2. The van der Waals surface area contributed by atoms with E-state index in [4.69, 9.17) is 9.47 Å². The van der Waals surface area contributed by atoms with Crippen molar-refractivity contribution in [3.63, 3.8) is 0 Å². The van der Waals surface area contributed by atoms with Crippen molar-refractivity contribution in [2.45, 2.75) is 10.8 Å². The van der Waals surface area contributed by atoms with E-state index in [1.54, 1.807) is 0 Å². The molecule has 2 aromatic carbocycles. The predicted molar refractivity (Wildman–Crippen MR) is 81.0 cm³/mol. The number of fused-ring (bicyclic) bond motifs is 2. The average Bonchev–Trinajstić information content (AvgIpc) is 3.11. The van der Waals surface area contributed by atoms with Gasteiger partial charge in [-0.25, -0.2) is 0 Å². The zero-order chi connectivity index (χ0) is 13.4. The van der Waals surface area contributed by atoms with Crippen LogP contribution in [0.15, 0.2) is 47.4 Å². The minimum Gasteiger partial charge on any atom is -0.454 e. The number of benzene rings is 2. The van der Waals surface area contributed by atoms with E-state index in [0.29, 0.717) is 12.7 Å². The molecule has 0 saturated heterocycles. The summed E-state index contributed by atoms with van der Waals surface area (Å²) in [7, 11) is 0. The molecule has 0 fully saturated rings. The second-order valence-electron chi connectivity index (χ2n) is 4.99. The lowest BCUT2D eigenvalue weighted by atomic mass is 10.0. The maximum absolute atomic E-state index is 5.40. The largest absolute Gasteiger partial charge is 0.454 e. The Labute approximate surface area is 122 Å². The van der Waals surface area contributed by atoms with Crippen LogP contribution >= 0.6 is 11.8 Å². The first kappa shape index (κ1) is 12.0. The number of anilines is 1. The molecule has 4 heteroatoms. The molecule has 0 radical (unpaired) electrons. The highest BCUT2D eigenvalue weighted by molar-refractivity contribution is 7.99. The molecule has 2 heterocycles. The van der Waals surface area contributed by atoms with Gasteiger partial charge in [-0.05, 0) is 23.8 Å². The Kier molecular flexibility index (Phi) is 2.96. The van der Waals surface area contributed by atoms with E-state index in [-0.39, 0.29) is 0 Å². The number of rotatable bonds is 3. The number of hydrogen-bond acceptors (Lipinski definition) is 4. The van der Waals surface area contributed by atoms with Gasteiger partial charge in [-0.15, -0.1) is 11.8 Å². The molecule has 2 aromatic rings. The van der Waals surface area contributed by atoms with E-state index in [2.05, 4.69) is 29.6 Å². The molecule has 0 amide bonds. The van der Waals surface area contributed by atoms with E-state index in [1.807, 2.05) is 30.0 Å². The van der Waals surface area contributed by atoms with Crippen molar-refractivity contribution in [2.75, 3.05) is 24.4 Å². The molecule has 3 nitrogen and oxygen atoms in total. The maximum atomic E-state index is 5.40. The van der Waals surface area contributed by atoms with Crippen LogP contribution in [-0.2, 0) is 0 Å². The fraction of sp³-hybridized carbons (Fsp3) is 0.250. The Hall–Kier alpha value is -1.81. The van der Waals surface area contributed by atoms with Gasteiger partial charge >= 0.3 is 0 Å². The molecule has 0 bridgehead atoms. The fourth-order valence-electron chi connectivity index (χ4n) is 2.65. The van der Waals surface area contributed by atoms with Crippen molar-refractivity contribution < 1.29 is 9.47 Å². The molecule has 1 atom stereocenters. The van der Waals surface area contributed by atoms with Gasteiger partial charge in [0, 0.05) is 34.9 Å². The maximum Gasteiger partial charge on any atom is 0.231 e. The van der Waals surface area contributed by atoms with Crippen LogP contribution < -0.4 is 14.8 Å². The van der Waals surface area contributed by atoms with Crippen LogP contribution in [0, 0.1) is 0 Å². The third-order valence-corrected chi connectivity index (χ3v) is 4.98. The summed E-state index contributed by atoms with van der Waals surface area (Å²) in [4.78, 5) is 1.42. The Balaban J connectivity index is 1.46. The van der Waals surface area contributed by atoms with Crippen molar-refractivity contribution in [1.82, 2.24) is 0 Å². The fourth-order valence-corrected chi connectivity index (χ4v) is 3.90. The lowest BCUT2D eigenvalue weighted by molar-refractivity contribution is 0.174. The summed E-state index contributed by atoms with van der Waals surface area (Å²) >= 11 is 1.95. The van der Waals surface area contributed by atoms with Gasteiger partial charge in [0.2, 0.25) is 6.79 Å². The van der Waals surface area contributed by atoms with Crippen LogP contribution in [0.3, 0.4) is 0 Å². The highest BCUT2D eigenvalue weighted by Gasteiger charge is 2.22. The van der Waals surface area contributed by atoms with Crippen LogP contribution in [0.2, 0.25) is 0 Å². The van der Waals surface area contributed by atoms with Gasteiger partial charge in [-0.1, -0.05) is 18.2 Å². The first-order valence-corrected chi connectivity index (χ1v) is 7.74. The minimum atomic E-state index is 0.325. The van der Waals surface area contributed by atoms with Crippen LogP contribution in [0.1, 0.15) is 11.5 Å². The summed E-state index contributed by atoms with van der Waals surface area (Å²) in [6.45, 7) is 1.27. The summed E-state index contributed by atoms with van der Waals surface area (Å²) in [5, 5.41) is 3.51. The van der Waals surface area contributed by atoms with Crippen LogP contribution in [0.4, 0.5) is 5.69 Å². The number of nitrogens with one attached hydrogen (secondary N) is 1. The van der Waals surface area contributed by atoms with Gasteiger partial charge in [-0.2, -0.15) is 0 Å². The summed E-state index contributed by atoms with van der Waals surface area (Å²) in [5.74, 6) is 3.38. The van der Waals surface area contributed by atoms with Gasteiger partial charge in [0.25, 0.3) is 0 Å². The number of ether oxygens (including phenoxy) is 2. The molecule has 4 rings (SSSR count). The van der Waals surface area contributed by atoms with Gasteiger partial charge in [0.15, 0.2) is 11.5 Å². The van der Waals surface area contributed by atoms with Gasteiger partial charge in [0.1, 0.15) is 0 Å². The first-order chi connectivity index (χ1) is 9.90. The van der Waals surface area contributed by atoms with Crippen LogP contribution in [-0.4, -0.2) is 19.1 Å². The molecule has 1 N–H and O–H groups in total.